The monoisotopic (exact) mass is 222 g/mol. The van der Waals surface area contributed by atoms with Gasteiger partial charge in [-0.05, 0) is 18.6 Å². The van der Waals surface area contributed by atoms with E-state index in [4.69, 9.17) is 4.74 Å². The predicted molar refractivity (Wildman–Crippen MR) is 66.5 cm³/mol. The van der Waals surface area contributed by atoms with E-state index in [1.165, 1.54) is 6.42 Å². The van der Waals surface area contributed by atoms with Crippen molar-refractivity contribution in [2.45, 2.75) is 26.2 Å². The standard InChI is InChI=1S/C13H22N2O/c1-2-3-11-16-12-10-14-9-7-13-6-4-5-8-15-13/h4-6,8,14H,2-3,7,9-12H2,1H3. The average molecular weight is 222 g/mol. The van der Waals surface area contributed by atoms with Crippen LogP contribution in [0.5, 0.6) is 0 Å². The number of nitrogens with zero attached hydrogens (tertiary/aromatic N) is 1. The van der Waals surface area contributed by atoms with Crippen LogP contribution in [0.4, 0.5) is 0 Å². The Morgan fingerprint density at radius 2 is 2.19 bits per heavy atom. The first-order valence-electron chi connectivity index (χ1n) is 6.12. The van der Waals surface area contributed by atoms with Gasteiger partial charge in [0, 0.05) is 38.0 Å². The maximum absolute atomic E-state index is 5.45. The van der Waals surface area contributed by atoms with Crippen LogP contribution in [0.1, 0.15) is 25.5 Å². The fourth-order valence-electron chi connectivity index (χ4n) is 1.38. The maximum atomic E-state index is 5.45. The van der Waals surface area contributed by atoms with Crippen molar-refractivity contribution in [3.05, 3.63) is 30.1 Å². The molecule has 0 aromatic carbocycles. The maximum Gasteiger partial charge on any atom is 0.0590 e. The third-order valence-corrected chi connectivity index (χ3v) is 2.35. The molecule has 0 amide bonds. The fraction of sp³-hybridized carbons (Fsp3) is 0.615. The number of hydrogen-bond donors (Lipinski definition) is 1. The first-order valence-corrected chi connectivity index (χ1v) is 6.12. The Labute approximate surface area is 98.2 Å². The molecule has 16 heavy (non-hydrogen) atoms. The van der Waals surface area contributed by atoms with Crippen molar-refractivity contribution in [2.75, 3.05) is 26.3 Å². The van der Waals surface area contributed by atoms with Crippen LogP contribution < -0.4 is 5.32 Å². The van der Waals surface area contributed by atoms with Crippen molar-refractivity contribution in [1.82, 2.24) is 10.3 Å². The molecule has 0 saturated carbocycles. The molecule has 0 fully saturated rings. The Bertz CT molecular complexity index is 251. The van der Waals surface area contributed by atoms with E-state index in [1.54, 1.807) is 0 Å². The van der Waals surface area contributed by atoms with Gasteiger partial charge in [0.1, 0.15) is 0 Å². The Hall–Kier alpha value is -0.930. The second-order valence-corrected chi connectivity index (χ2v) is 3.79. The summed E-state index contributed by atoms with van der Waals surface area (Å²) >= 11 is 0. The molecule has 1 N–H and O–H groups in total. The smallest absolute Gasteiger partial charge is 0.0590 e. The number of aromatic nitrogens is 1. The van der Waals surface area contributed by atoms with Crippen molar-refractivity contribution < 1.29 is 4.74 Å². The normalized spacial score (nSPS) is 10.6. The first kappa shape index (κ1) is 13.1. The lowest BCUT2D eigenvalue weighted by Gasteiger charge is -2.05. The van der Waals surface area contributed by atoms with Crippen molar-refractivity contribution in [1.29, 1.82) is 0 Å². The SMILES string of the molecule is CCCCOCCNCCc1ccccn1. The van der Waals surface area contributed by atoms with Gasteiger partial charge in [-0.3, -0.25) is 4.98 Å². The van der Waals surface area contributed by atoms with E-state index >= 15 is 0 Å². The van der Waals surface area contributed by atoms with Gasteiger partial charge in [-0.2, -0.15) is 0 Å². The third-order valence-electron chi connectivity index (χ3n) is 2.35. The molecule has 1 heterocycles. The zero-order valence-electron chi connectivity index (χ0n) is 10.1. The van der Waals surface area contributed by atoms with Crippen molar-refractivity contribution >= 4 is 0 Å². The second kappa shape index (κ2) is 9.31. The van der Waals surface area contributed by atoms with Gasteiger partial charge in [-0.1, -0.05) is 19.4 Å². The zero-order valence-corrected chi connectivity index (χ0v) is 10.1. The van der Waals surface area contributed by atoms with E-state index in [0.29, 0.717) is 0 Å². The quantitative estimate of drug-likeness (QED) is 0.649. The lowest BCUT2D eigenvalue weighted by Crippen LogP contribution is -2.22. The minimum atomic E-state index is 0.808. The highest BCUT2D eigenvalue weighted by Gasteiger charge is 1.92. The molecule has 0 unspecified atom stereocenters. The zero-order chi connectivity index (χ0) is 11.5. The molecule has 3 nitrogen and oxygen atoms in total. The molecule has 0 spiro atoms. The van der Waals surface area contributed by atoms with Crippen molar-refractivity contribution in [3.8, 4) is 0 Å². The van der Waals surface area contributed by atoms with Crippen LogP contribution in [0.3, 0.4) is 0 Å². The molecule has 3 heteroatoms. The predicted octanol–water partition coefficient (Wildman–Crippen LogP) is 2.03. The topological polar surface area (TPSA) is 34.1 Å². The van der Waals surface area contributed by atoms with Crippen molar-refractivity contribution in [2.24, 2.45) is 0 Å². The van der Waals surface area contributed by atoms with Gasteiger partial charge in [-0.25, -0.2) is 0 Å². The van der Waals surface area contributed by atoms with Gasteiger partial charge in [0.25, 0.3) is 0 Å². The van der Waals surface area contributed by atoms with Crippen LogP contribution in [0.2, 0.25) is 0 Å². The summed E-state index contributed by atoms with van der Waals surface area (Å²) in [6.07, 6.45) is 5.18. The Kier molecular flexibility index (Phi) is 7.64. The lowest BCUT2D eigenvalue weighted by molar-refractivity contribution is 0.133. The highest BCUT2D eigenvalue weighted by molar-refractivity contribution is 5.03. The molecule has 1 aromatic rings. The van der Waals surface area contributed by atoms with Crippen LogP contribution in [0.25, 0.3) is 0 Å². The molecular formula is C13H22N2O. The Morgan fingerprint density at radius 1 is 1.25 bits per heavy atom. The molecular weight excluding hydrogens is 200 g/mol. The van der Waals surface area contributed by atoms with Gasteiger partial charge in [0.15, 0.2) is 0 Å². The van der Waals surface area contributed by atoms with Crippen molar-refractivity contribution in [3.63, 3.8) is 0 Å². The van der Waals surface area contributed by atoms with E-state index in [0.717, 1.165) is 44.8 Å². The summed E-state index contributed by atoms with van der Waals surface area (Å²) in [5, 5.41) is 3.35. The highest BCUT2D eigenvalue weighted by atomic mass is 16.5. The van der Waals surface area contributed by atoms with Gasteiger partial charge in [0.2, 0.25) is 0 Å². The lowest BCUT2D eigenvalue weighted by atomic mass is 10.3. The fourth-order valence-corrected chi connectivity index (χ4v) is 1.38. The van der Waals surface area contributed by atoms with Gasteiger partial charge in [0.05, 0.1) is 6.61 Å². The van der Waals surface area contributed by atoms with E-state index in [2.05, 4.69) is 23.3 Å². The molecule has 0 radical (unpaired) electrons. The summed E-state index contributed by atoms with van der Waals surface area (Å²) < 4.78 is 5.45. The number of ether oxygens (including phenoxy) is 1. The largest absolute Gasteiger partial charge is 0.380 e. The molecule has 1 aromatic heterocycles. The average Bonchev–Trinajstić information content (AvgIpc) is 2.34. The third kappa shape index (κ3) is 6.53. The van der Waals surface area contributed by atoms with Crippen LogP contribution in [-0.4, -0.2) is 31.3 Å². The molecule has 90 valence electrons. The van der Waals surface area contributed by atoms with Crippen LogP contribution in [0.15, 0.2) is 24.4 Å². The molecule has 0 saturated heterocycles. The number of unbranched alkanes of at least 4 members (excludes halogenated alkanes) is 1. The summed E-state index contributed by atoms with van der Waals surface area (Å²) in [6.45, 7) is 5.76. The van der Waals surface area contributed by atoms with E-state index in [-0.39, 0.29) is 0 Å². The number of hydrogen-bond acceptors (Lipinski definition) is 3. The summed E-state index contributed by atoms with van der Waals surface area (Å²) in [4.78, 5) is 4.27. The highest BCUT2D eigenvalue weighted by Crippen LogP contribution is 1.92. The van der Waals surface area contributed by atoms with Gasteiger partial charge < -0.3 is 10.1 Å². The molecule has 0 bridgehead atoms. The summed E-state index contributed by atoms with van der Waals surface area (Å²) in [6, 6.07) is 6.02. The summed E-state index contributed by atoms with van der Waals surface area (Å²) in [5.41, 5.74) is 1.14. The molecule has 0 aliphatic carbocycles. The second-order valence-electron chi connectivity index (χ2n) is 3.79. The van der Waals surface area contributed by atoms with E-state index in [1.807, 2.05) is 18.3 Å². The molecule has 1 rings (SSSR count). The molecule has 0 aliphatic rings. The minimum absolute atomic E-state index is 0.808. The van der Waals surface area contributed by atoms with Gasteiger partial charge >= 0.3 is 0 Å². The van der Waals surface area contributed by atoms with Gasteiger partial charge in [-0.15, -0.1) is 0 Å². The molecule has 0 aliphatic heterocycles. The summed E-state index contributed by atoms with van der Waals surface area (Å²) in [5.74, 6) is 0. The minimum Gasteiger partial charge on any atom is -0.380 e. The van der Waals surface area contributed by atoms with Crippen LogP contribution in [-0.2, 0) is 11.2 Å². The van der Waals surface area contributed by atoms with E-state index < -0.39 is 0 Å². The molecule has 0 atom stereocenters. The number of nitrogens with one attached hydrogen (secondary N) is 1. The van der Waals surface area contributed by atoms with Crippen LogP contribution in [0, 0.1) is 0 Å². The summed E-state index contributed by atoms with van der Waals surface area (Å²) in [7, 11) is 0. The Morgan fingerprint density at radius 3 is 2.94 bits per heavy atom. The first-order chi connectivity index (χ1) is 7.93. The van der Waals surface area contributed by atoms with Crippen LogP contribution >= 0.6 is 0 Å². The Balaban J connectivity index is 1.89. The van der Waals surface area contributed by atoms with E-state index in [9.17, 15) is 0 Å². The number of pyridine rings is 1. The number of rotatable bonds is 9.